The fraction of sp³-hybridized carbons (Fsp3) is 0.286. The van der Waals surface area contributed by atoms with Crippen molar-refractivity contribution < 1.29 is 4.79 Å². The molecule has 0 aliphatic rings. The molecule has 0 radical (unpaired) electrons. The van der Waals surface area contributed by atoms with E-state index in [4.69, 9.17) is 5.73 Å². The Bertz CT molecular complexity index is 590. The first-order valence-corrected chi connectivity index (χ1v) is 6.93. The van der Waals surface area contributed by atoms with Crippen molar-refractivity contribution in [3.8, 4) is 11.3 Å². The van der Waals surface area contributed by atoms with Gasteiger partial charge >= 0.3 is 0 Å². The first-order chi connectivity index (χ1) is 9.00. The molecule has 4 nitrogen and oxygen atoms in total. The van der Waals surface area contributed by atoms with Gasteiger partial charge in [-0.2, -0.15) is 0 Å². The van der Waals surface area contributed by atoms with E-state index in [1.165, 1.54) is 11.3 Å². The third-order valence-corrected chi connectivity index (χ3v) is 3.84. The molecular formula is C14H17N3OS. The van der Waals surface area contributed by atoms with Crippen molar-refractivity contribution in [3.05, 3.63) is 34.8 Å². The Morgan fingerprint density at radius 3 is 2.74 bits per heavy atom. The number of amides is 1. The van der Waals surface area contributed by atoms with Gasteiger partial charge in [-0.3, -0.25) is 9.78 Å². The molecule has 0 aromatic carbocycles. The highest BCUT2D eigenvalue weighted by Crippen LogP contribution is 2.37. The van der Waals surface area contributed by atoms with Crippen LogP contribution in [0.4, 0.5) is 5.00 Å². The highest BCUT2D eigenvalue weighted by molar-refractivity contribution is 7.18. The Hall–Kier alpha value is -1.88. The lowest BCUT2D eigenvalue weighted by Gasteiger charge is -2.07. The van der Waals surface area contributed by atoms with Gasteiger partial charge in [-0.25, -0.2) is 0 Å². The van der Waals surface area contributed by atoms with Crippen LogP contribution in [0.3, 0.4) is 0 Å². The first-order valence-electron chi connectivity index (χ1n) is 6.11. The number of nitrogens with one attached hydrogen (secondary N) is 1. The van der Waals surface area contributed by atoms with Crippen LogP contribution in [-0.4, -0.2) is 16.9 Å². The zero-order valence-corrected chi connectivity index (χ0v) is 12.0. The number of aromatic nitrogens is 1. The number of hydrogen-bond acceptors (Lipinski definition) is 4. The number of pyridine rings is 1. The summed E-state index contributed by atoms with van der Waals surface area (Å²) in [5.74, 6) is -0.0774. The first kappa shape index (κ1) is 13.5. The Morgan fingerprint density at radius 2 is 2.16 bits per heavy atom. The predicted molar refractivity (Wildman–Crippen MR) is 79.3 cm³/mol. The second-order valence-electron chi connectivity index (χ2n) is 4.64. The smallest absolute Gasteiger partial charge is 0.261 e. The van der Waals surface area contributed by atoms with Gasteiger partial charge in [0.2, 0.25) is 0 Å². The van der Waals surface area contributed by atoms with E-state index in [0.717, 1.165) is 16.8 Å². The summed E-state index contributed by atoms with van der Waals surface area (Å²) in [6.07, 6.45) is 1.72. The van der Waals surface area contributed by atoms with E-state index in [9.17, 15) is 4.79 Å². The van der Waals surface area contributed by atoms with Crippen molar-refractivity contribution in [3.63, 3.8) is 0 Å². The molecule has 0 spiro atoms. The second-order valence-corrected chi connectivity index (χ2v) is 5.69. The molecule has 0 bridgehead atoms. The van der Waals surface area contributed by atoms with Gasteiger partial charge in [-0.15, -0.1) is 11.3 Å². The fourth-order valence-corrected chi connectivity index (χ4v) is 2.90. The van der Waals surface area contributed by atoms with Crippen molar-refractivity contribution in [2.24, 2.45) is 0 Å². The van der Waals surface area contributed by atoms with E-state index < -0.39 is 0 Å². The van der Waals surface area contributed by atoms with Gasteiger partial charge in [-0.05, 0) is 38.5 Å². The van der Waals surface area contributed by atoms with Gasteiger partial charge in [0.15, 0.2) is 0 Å². The average molecular weight is 275 g/mol. The molecular weight excluding hydrogens is 258 g/mol. The molecule has 3 N–H and O–H groups in total. The largest absolute Gasteiger partial charge is 0.390 e. The molecule has 0 aliphatic carbocycles. The average Bonchev–Trinajstić information content (AvgIpc) is 2.65. The number of nitrogens with two attached hydrogens (primary N) is 1. The Balaban J connectivity index is 2.44. The van der Waals surface area contributed by atoms with Crippen LogP contribution in [0, 0.1) is 6.92 Å². The molecule has 19 heavy (non-hydrogen) atoms. The van der Waals surface area contributed by atoms with E-state index in [-0.39, 0.29) is 11.9 Å². The van der Waals surface area contributed by atoms with Crippen molar-refractivity contribution >= 4 is 22.2 Å². The number of thiophene rings is 1. The molecule has 100 valence electrons. The summed E-state index contributed by atoms with van der Waals surface area (Å²) >= 11 is 1.31. The molecule has 5 heteroatoms. The minimum atomic E-state index is -0.0774. The second kappa shape index (κ2) is 5.40. The van der Waals surface area contributed by atoms with E-state index in [1.807, 2.05) is 39.0 Å². The topological polar surface area (TPSA) is 68.0 Å². The normalized spacial score (nSPS) is 10.7. The molecule has 0 aliphatic heterocycles. The summed E-state index contributed by atoms with van der Waals surface area (Å²) in [5, 5.41) is 3.52. The summed E-state index contributed by atoms with van der Waals surface area (Å²) in [4.78, 5) is 17.1. The number of nitrogen functional groups attached to an aromatic ring is 1. The lowest BCUT2D eigenvalue weighted by molar-refractivity contribution is 0.0946. The molecule has 0 atom stereocenters. The van der Waals surface area contributed by atoms with Crippen molar-refractivity contribution in [1.82, 2.24) is 10.3 Å². The number of anilines is 1. The number of carbonyl (C=O) groups is 1. The van der Waals surface area contributed by atoms with Gasteiger partial charge in [0, 0.05) is 17.8 Å². The van der Waals surface area contributed by atoms with Crippen molar-refractivity contribution in [1.29, 1.82) is 0 Å². The maximum Gasteiger partial charge on any atom is 0.261 e. The molecule has 0 fully saturated rings. The zero-order chi connectivity index (χ0) is 14.0. The zero-order valence-electron chi connectivity index (χ0n) is 11.2. The number of hydrogen-bond donors (Lipinski definition) is 2. The minimum Gasteiger partial charge on any atom is -0.390 e. The Morgan fingerprint density at radius 1 is 1.42 bits per heavy atom. The lowest BCUT2D eigenvalue weighted by atomic mass is 10.1. The number of carbonyl (C=O) groups excluding carboxylic acids is 1. The van der Waals surface area contributed by atoms with Gasteiger partial charge < -0.3 is 11.1 Å². The van der Waals surface area contributed by atoms with E-state index in [0.29, 0.717) is 9.88 Å². The SMILES string of the molecule is Cc1c(C(=O)NC(C)C)sc(N)c1-c1ccccn1. The quantitative estimate of drug-likeness (QED) is 0.905. The lowest BCUT2D eigenvalue weighted by Crippen LogP contribution is -2.29. The molecule has 0 saturated heterocycles. The van der Waals surface area contributed by atoms with Crippen LogP contribution in [0.5, 0.6) is 0 Å². The molecule has 1 amide bonds. The Kier molecular flexibility index (Phi) is 3.85. The fourth-order valence-electron chi connectivity index (χ4n) is 1.91. The molecule has 0 unspecified atom stereocenters. The summed E-state index contributed by atoms with van der Waals surface area (Å²) in [6, 6.07) is 5.77. The maximum absolute atomic E-state index is 12.1. The molecule has 2 rings (SSSR count). The van der Waals surface area contributed by atoms with Crippen LogP contribution in [0.15, 0.2) is 24.4 Å². The van der Waals surface area contributed by atoms with E-state index in [1.54, 1.807) is 6.20 Å². The van der Waals surface area contributed by atoms with Crippen LogP contribution in [0.25, 0.3) is 11.3 Å². The third-order valence-electron chi connectivity index (χ3n) is 2.72. The van der Waals surface area contributed by atoms with E-state index >= 15 is 0 Å². The summed E-state index contributed by atoms with van der Waals surface area (Å²) in [5.41, 5.74) is 8.59. The number of nitrogens with zero attached hydrogens (tertiary/aromatic N) is 1. The Labute approximate surface area is 116 Å². The monoisotopic (exact) mass is 275 g/mol. The van der Waals surface area contributed by atoms with Crippen molar-refractivity contribution in [2.45, 2.75) is 26.8 Å². The van der Waals surface area contributed by atoms with Crippen LogP contribution < -0.4 is 11.1 Å². The van der Waals surface area contributed by atoms with Crippen LogP contribution in [-0.2, 0) is 0 Å². The predicted octanol–water partition coefficient (Wildman–Crippen LogP) is 2.84. The van der Waals surface area contributed by atoms with Gasteiger partial charge in [0.05, 0.1) is 15.6 Å². The molecule has 2 aromatic heterocycles. The maximum atomic E-state index is 12.1. The van der Waals surface area contributed by atoms with Gasteiger partial charge in [0.1, 0.15) is 0 Å². The minimum absolute atomic E-state index is 0.0774. The molecule has 2 aromatic rings. The van der Waals surface area contributed by atoms with Gasteiger partial charge in [-0.1, -0.05) is 6.07 Å². The number of rotatable bonds is 3. The molecule has 0 saturated carbocycles. The summed E-state index contributed by atoms with van der Waals surface area (Å²) in [6.45, 7) is 5.78. The van der Waals surface area contributed by atoms with Gasteiger partial charge in [0.25, 0.3) is 5.91 Å². The summed E-state index contributed by atoms with van der Waals surface area (Å²) < 4.78 is 0. The third kappa shape index (κ3) is 2.76. The van der Waals surface area contributed by atoms with Crippen LogP contribution in [0.1, 0.15) is 29.1 Å². The van der Waals surface area contributed by atoms with Crippen LogP contribution in [0.2, 0.25) is 0 Å². The highest BCUT2D eigenvalue weighted by Gasteiger charge is 2.20. The highest BCUT2D eigenvalue weighted by atomic mass is 32.1. The summed E-state index contributed by atoms with van der Waals surface area (Å²) in [7, 11) is 0. The van der Waals surface area contributed by atoms with Crippen LogP contribution >= 0.6 is 11.3 Å². The standard InChI is InChI=1S/C14H17N3OS/c1-8(2)17-14(18)12-9(3)11(13(15)19-12)10-6-4-5-7-16-10/h4-8H,15H2,1-3H3,(H,17,18). The molecule has 2 heterocycles. The van der Waals surface area contributed by atoms with Crippen molar-refractivity contribution in [2.75, 3.05) is 5.73 Å². The van der Waals surface area contributed by atoms with E-state index in [2.05, 4.69) is 10.3 Å².